The number of hydrogen-bond donors (Lipinski definition) is 1. The average Bonchev–Trinajstić information content (AvgIpc) is 2.30. The van der Waals surface area contributed by atoms with Crippen LogP contribution in [0, 0.1) is 12.8 Å². The van der Waals surface area contributed by atoms with E-state index in [1.807, 2.05) is 12.4 Å². The highest BCUT2D eigenvalue weighted by atomic mass is 14.9. The van der Waals surface area contributed by atoms with E-state index in [2.05, 4.69) is 30.2 Å². The second kappa shape index (κ2) is 5.44. The van der Waals surface area contributed by atoms with Crippen LogP contribution in [0.15, 0.2) is 18.5 Å². The molecule has 1 heterocycles. The van der Waals surface area contributed by atoms with Crippen molar-refractivity contribution in [1.29, 1.82) is 0 Å². The Kier molecular flexibility index (Phi) is 3.94. The lowest BCUT2D eigenvalue weighted by Crippen LogP contribution is -2.36. The van der Waals surface area contributed by atoms with Gasteiger partial charge in [0.25, 0.3) is 0 Å². The molecule has 1 aliphatic rings. The minimum Gasteiger partial charge on any atom is -0.310 e. The van der Waals surface area contributed by atoms with Crippen molar-refractivity contribution in [2.24, 2.45) is 5.92 Å². The highest BCUT2D eigenvalue weighted by molar-refractivity contribution is 5.21. The molecule has 0 radical (unpaired) electrons. The Morgan fingerprint density at radius 3 is 2.94 bits per heavy atom. The van der Waals surface area contributed by atoms with Gasteiger partial charge in [-0.2, -0.15) is 0 Å². The van der Waals surface area contributed by atoms with Crippen molar-refractivity contribution in [1.82, 2.24) is 10.3 Å². The number of aryl methyl sites for hydroxylation is 1. The number of nitrogens with one attached hydrogen (secondary N) is 1. The Labute approximate surface area is 98.5 Å². The number of hydrogen-bond acceptors (Lipinski definition) is 2. The van der Waals surface area contributed by atoms with E-state index < -0.39 is 0 Å². The van der Waals surface area contributed by atoms with Crippen molar-refractivity contribution >= 4 is 0 Å². The van der Waals surface area contributed by atoms with Gasteiger partial charge in [-0.25, -0.2) is 0 Å². The van der Waals surface area contributed by atoms with E-state index in [0.29, 0.717) is 6.04 Å². The molecule has 0 amide bonds. The molecule has 2 rings (SSSR count). The minimum atomic E-state index is 0.710. The highest BCUT2D eigenvalue weighted by Gasteiger charge is 2.20. The van der Waals surface area contributed by atoms with Crippen LogP contribution in [0.3, 0.4) is 0 Å². The standard InChI is InChI=1S/C14H22N2/c1-11-5-3-4-6-14(11)16-10-13-7-8-15-9-12(13)2/h7-9,11,14,16H,3-6,10H2,1-2H3. The normalized spacial score (nSPS) is 25.6. The molecule has 88 valence electrons. The summed E-state index contributed by atoms with van der Waals surface area (Å²) < 4.78 is 0. The highest BCUT2D eigenvalue weighted by Crippen LogP contribution is 2.24. The summed E-state index contributed by atoms with van der Waals surface area (Å²) in [6.07, 6.45) is 9.35. The van der Waals surface area contributed by atoms with E-state index in [4.69, 9.17) is 0 Å². The largest absolute Gasteiger partial charge is 0.310 e. The first-order chi connectivity index (χ1) is 7.77. The molecule has 1 aromatic rings. The third-order valence-corrected chi connectivity index (χ3v) is 3.80. The van der Waals surface area contributed by atoms with Gasteiger partial charge in [0.05, 0.1) is 0 Å². The van der Waals surface area contributed by atoms with Crippen molar-refractivity contribution in [2.45, 2.75) is 52.1 Å². The zero-order valence-corrected chi connectivity index (χ0v) is 10.4. The second-order valence-corrected chi connectivity index (χ2v) is 5.05. The number of aromatic nitrogens is 1. The third-order valence-electron chi connectivity index (χ3n) is 3.80. The van der Waals surface area contributed by atoms with Crippen LogP contribution in [-0.4, -0.2) is 11.0 Å². The Bertz CT molecular complexity index is 335. The lowest BCUT2D eigenvalue weighted by Gasteiger charge is -2.29. The van der Waals surface area contributed by atoms with Gasteiger partial charge >= 0.3 is 0 Å². The molecule has 0 aliphatic heterocycles. The van der Waals surface area contributed by atoms with Crippen LogP contribution in [0.4, 0.5) is 0 Å². The summed E-state index contributed by atoms with van der Waals surface area (Å²) in [7, 11) is 0. The summed E-state index contributed by atoms with van der Waals surface area (Å²) in [5.41, 5.74) is 2.67. The fourth-order valence-electron chi connectivity index (χ4n) is 2.56. The van der Waals surface area contributed by atoms with Crippen LogP contribution in [0.25, 0.3) is 0 Å². The molecule has 1 aromatic heterocycles. The molecule has 16 heavy (non-hydrogen) atoms. The molecule has 1 aliphatic carbocycles. The molecule has 0 aromatic carbocycles. The van der Waals surface area contributed by atoms with Gasteiger partial charge in [-0.3, -0.25) is 4.98 Å². The lowest BCUT2D eigenvalue weighted by molar-refractivity contribution is 0.279. The molecule has 0 bridgehead atoms. The molecule has 1 saturated carbocycles. The summed E-state index contributed by atoms with van der Waals surface area (Å²) >= 11 is 0. The maximum atomic E-state index is 4.13. The van der Waals surface area contributed by atoms with Crippen molar-refractivity contribution < 1.29 is 0 Å². The molecular formula is C14H22N2. The van der Waals surface area contributed by atoms with Crippen LogP contribution in [-0.2, 0) is 6.54 Å². The summed E-state index contributed by atoms with van der Waals surface area (Å²) in [6, 6.07) is 2.83. The quantitative estimate of drug-likeness (QED) is 0.843. The van der Waals surface area contributed by atoms with Crippen molar-refractivity contribution in [3.05, 3.63) is 29.6 Å². The molecule has 0 spiro atoms. The fourth-order valence-corrected chi connectivity index (χ4v) is 2.56. The third kappa shape index (κ3) is 2.82. The molecule has 0 saturated heterocycles. The molecule has 2 unspecified atom stereocenters. The summed E-state index contributed by atoms with van der Waals surface area (Å²) in [5, 5.41) is 3.70. The van der Waals surface area contributed by atoms with Crippen LogP contribution in [0.2, 0.25) is 0 Å². The zero-order chi connectivity index (χ0) is 11.4. The number of pyridine rings is 1. The van der Waals surface area contributed by atoms with Gasteiger partial charge in [0.15, 0.2) is 0 Å². The Morgan fingerprint density at radius 1 is 1.38 bits per heavy atom. The maximum Gasteiger partial charge on any atom is 0.0300 e. The summed E-state index contributed by atoms with van der Waals surface area (Å²) in [5.74, 6) is 0.830. The van der Waals surface area contributed by atoms with Gasteiger partial charge in [0.2, 0.25) is 0 Å². The van der Waals surface area contributed by atoms with Gasteiger partial charge < -0.3 is 5.32 Å². The fraction of sp³-hybridized carbons (Fsp3) is 0.643. The Hall–Kier alpha value is -0.890. The van der Waals surface area contributed by atoms with Gasteiger partial charge in [0.1, 0.15) is 0 Å². The molecule has 1 fully saturated rings. The van der Waals surface area contributed by atoms with Gasteiger partial charge in [-0.1, -0.05) is 19.8 Å². The van der Waals surface area contributed by atoms with Crippen molar-refractivity contribution in [3.63, 3.8) is 0 Å². The first-order valence-electron chi connectivity index (χ1n) is 6.40. The monoisotopic (exact) mass is 218 g/mol. The maximum absolute atomic E-state index is 4.13. The van der Waals surface area contributed by atoms with Crippen LogP contribution >= 0.6 is 0 Å². The zero-order valence-electron chi connectivity index (χ0n) is 10.4. The topological polar surface area (TPSA) is 24.9 Å². The average molecular weight is 218 g/mol. The van der Waals surface area contributed by atoms with Crippen molar-refractivity contribution in [2.75, 3.05) is 0 Å². The summed E-state index contributed by atoms with van der Waals surface area (Å²) in [6.45, 7) is 5.49. The smallest absolute Gasteiger partial charge is 0.0300 e. The van der Waals surface area contributed by atoms with Crippen LogP contribution in [0.5, 0.6) is 0 Å². The summed E-state index contributed by atoms with van der Waals surface area (Å²) in [4.78, 5) is 4.13. The molecular weight excluding hydrogens is 196 g/mol. The lowest BCUT2D eigenvalue weighted by atomic mass is 9.86. The molecule has 2 heteroatoms. The SMILES string of the molecule is Cc1cnccc1CNC1CCCCC1C. The number of rotatable bonds is 3. The van der Waals surface area contributed by atoms with E-state index in [0.717, 1.165) is 12.5 Å². The molecule has 2 nitrogen and oxygen atoms in total. The van der Waals surface area contributed by atoms with Gasteiger partial charge in [-0.15, -0.1) is 0 Å². The first kappa shape index (κ1) is 11.6. The predicted molar refractivity (Wildman–Crippen MR) is 67.2 cm³/mol. The van der Waals surface area contributed by atoms with E-state index in [1.54, 1.807) is 0 Å². The van der Waals surface area contributed by atoms with Crippen LogP contribution in [0.1, 0.15) is 43.7 Å². The van der Waals surface area contributed by atoms with E-state index >= 15 is 0 Å². The van der Waals surface area contributed by atoms with E-state index in [9.17, 15) is 0 Å². The Balaban J connectivity index is 1.89. The van der Waals surface area contributed by atoms with Gasteiger partial charge in [-0.05, 0) is 42.9 Å². The number of nitrogens with zero attached hydrogens (tertiary/aromatic N) is 1. The Morgan fingerprint density at radius 2 is 2.19 bits per heavy atom. The first-order valence-corrected chi connectivity index (χ1v) is 6.40. The minimum absolute atomic E-state index is 0.710. The second-order valence-electron chi connectivity index (χ2n) is 5.05. The predicted octanol–water partition coefficient (Wildman–Crippen LogP) is 3.06. The van der Waals surface area contributed by atoms with Crippen molar-refractivity contribution in [3.8, 4) is 0 Å². The van der Waals surface area contributed by atoms with E-state index in [-0.39, 0.29) is 0 Å². The van der Waals surface area contributed by atoms with Crippen LogP contribution < -0.4 is 5.32 Å². The van der Waals surface area contributed by atoms with Gasteiger partial charge in [0, 0.05) is 25.0 Å². The molecule has 1 N–H and O–H groups in total. The van der Waals surface area contributed by atoms with E-state index in [1.165, 1.54) is 36.8 Å². The molecule has 2 atom stereocenters.